The number of aryl methyl sites for hydroxylation is 2. The molecule has 0 saturated heterocycles. The number of rotatable bonds is 5. The Labute approximate surface area is 120 Å². The van der Waals surface area contributed by atoms with E-state index in [1.165, 1.54) is 16.7 Å². The number of hydrogen-bond donors (Lipinski definition) is 2. The molecule has 2 aromatic carbocycles. The molecule has 0 aromatic heterocycles. The van der Waals surface area contributed by atoms with Gasteiger partial charge in [-0.05, 0) is 43.5 Å². The first-order valence-corrected chi connectivity index (χ1v) is 6.79. The van der Waals surface area contributed by atoms with Crippen molar-refractivity contribution in [3.8, 4) is 5.75 Å². The Morgan fingerprint density at radius 3 is 2.15 bits per heavy atom. The Morgan fingerprint density at radius 1 is 1.05 bits per heavy atom. The zero-order valence-electron chi connectivity index (χ0n) is 12.3. The quantitative estimate of drug-likeness (QED) is 0.648. The zero-order valence-corrected chi connectivity index (χ0v) is 12.3. The topological polar surface area (TPSA) is 47.3 Å². The van der Waals surface area contributed by atoms with E-state index in [4.69, 9.17) is 10.6 Å². The van der Waals surface area contributed by atoms with Gasteiger partial charge >= 0.3 is 0 Å². The lowest BCUT2D eigenvalue weighted by atomic mass is 9.97. The van der Waals surface area contributed by atoms with E-state index in [9.17, 15) is 0 Å². The molecule has 0 spiro atoms. The molecule has 0 heterocycles. The fourth-order valence-electron chi connectivity index (χ4n) is 2.53. The highest BCUT2D eigenvalue weighted by Crippen LogP contribution is 2.21. The van der Waals surface area contributed by atoms with E-state index in [-0.39, 0.29) is 6.04 Å². The minimum atomic E-state index is 0.0992. The molecule has 1 unspecified atom stereocenters. The molecule has 0 aliphatic rings. The third-order valence-corrected chi connectivity index (χ3v) is 3.44. The number of nitrogens with two attached hydrogens (primary N) is 1. The molecule has 3 N–H and O–H groups in total. The monoisotopic (exact) mass is 270 g/mol. The number of methoxy groups -OCH3 is 1. The standard InChI is InChI=1S/C17H22N2O/c1-12-8-13(2)10-14(9-12)11-17(19-18)15-4-6-16(20-3)7-5-15/h4-10,17,19H,11,18H2,1-3H3. The molecule has 1 atom stereocenters. The summed E-state index contributed by atoms with van der Waals surface area (Å²) in [5.74, 6) is 6.58. The van der Waals surface area contributed by atoms with Gasteiger partial charge in [-0.25, -0.2) is 0 Å². The van der Waals surface area contributed by atoms with Gasteiger partial charge in [0.1, 0.15) is 5.75 Å². The normalized spacial score (nSPS) is 12.2. The molecule has 20 heavy (non-hydrogen) atoms. The molecule has 0 fully saturated rings. The Bertz CT molecular complexity index is 543. The summed E-state index contributed by atoms with van der Waals surface area (Å²) in [6.07, 6.45) is 0.866. The predicted octanol–water partition coefficient (Wildman–Crippen LogP) is 3.06. The van der Waals surface area contributed by atoms with Crippen LogP contribution in [-0.2, 0) is 6.42 Å². The molecule has 2 aromatic rings. The fraction of sp³-hybridized carbons (Fsp3) is 0.294. The summed E-state index contributed by atoms with van der Waals surface area (Å²) in [5.41, 5.74) is 7.92. The van der Waals surface area contributed by atoms with Gasteiger partial charge in [0.25, 0.3) is 0 Å². The van der Waals surface area contributed by atoms with Crippen LogP contribution in [-0.4, -0.2) is 7.11 Å². The predicted molar refractivity (Wildman–Crippen MR) is 82.7 cm³/mol. The van der Waals surface area contributed by atoms with Crippen molar-refractivity contribution in [2.75, 3.05) is 7.11 Å². The summed E-state index contributed by atoms with van der Waals surface area (Å²) < 4.78 is 5.18. The minimum absolute atomic E-state index is 0.0992. The molecular weight excluding hydrogens is 248 g/mol. The minimum Gasteiger partial charge on any atom is -0.497 e. The molecule has 0 aliphatic carbocycles. The van der Waals surface area contributed by atoms with Gasteiger partial charge in [0, 0.05) is 6.04 Å². The molecule has 106 valence electrons. The lowest BCUT2D eigenvalue weighted by Crippen LogP contribution is -2.29. The number of hydrazine groups is 1. The maximum Gasteiger partial charge on any atom is 0.118 e. The third kappa shape index (κ3) is 3.59. The molecule has 3 nitrogen and oxygen atoms in total. The van der Waals surface area contributed by atoms with Crippen LogP contribution in [0.3, 0.4) is 0 Å². The smallest absolute Gasteiger partial charge is 0.118 e. The molecule has 3 heteroatoms. The number of hydrogen-bond acceptors (Lipinski definition) is 3. The van der Waals surface area contributed by atoms with Gasteiger partial charge in [-0.2, -0.15) is 0 Å². The van der Waals surface area contributed by atoms with Crippen LogP contribution in [0.5, 0.6) is 5.75 Å². The first-order valence-electron chi connectivity index (χ1n) is 6.79. The van der Waals surface area contributed by atoms with Crippen LogP contribution >= 0.6 is 0 Å². The average Bonchev–Trinajstić information content (AvgIpc) is 2.44. The van der Waals surface area contributed by atoms with E-state index >= 15 is 0 Å². The summed E-state index contributed by atoms with van der Waals surface area (Å²) in [6.45, 7) is 4.24. The van der Waals surface area contributed by atoms with Gasteiger partial charge in [0.05, 0.1) is 7.11 Å². The zero-order chi connectivity index (χ0) is 14.5. The van der Waals surface area contributed by atoms with Crippen LogP contribution in [0.1, 0.15) is 28.3 Å². The van der Waals surface area contributed by atoms with Gasteiger partial charge in [-0.15, -0.1) is 0 Å². The summed E-state index contributed by atoms with van der Waals surface area (Å²) >= 11 is 0. The molecule has 0 saturated carbocycles. The van der Waals surface area contributed by atoms with Gasteiger partial charge in [0.2, 0.25) is 0 Å². The number of ether oxygens (including phenoxy) is 1. The summed E-state index contributed by atoms with van der Waals surface area (Å²) in [6, 6.07) is 14.7. The molecule has 2 rings (SSSR count). The van der Waals surface area contributed by atoms with Crippen molar-refractivity contribution in [1.82, 2.24) is 5.43 Å². The van der Waals surface area contributed by atoms with Gasteiger partial charge in [-0.1, -0.05) is 41.5 Å². The van der Waals surface area contributed by atoms with Crippen molar-refractivity contribution >= 4 is 0 Å². The van der Waals surface area contributed by atoms with Crippen LogP contribution in [0.25, 0.3) is 0 Å². The second-order valence-corrected chi connectivity index (χ2v) is 5.19. The molecular formula is C17H22N2O. The van der Waals surface area contributed by atoms with Crippen LogP contribution in [0, 0.1) is 13.8 Å². The van der Waals surface area contributed by atoms with E-state index in [1.807, 2.05) is 24.3 Å². The second kappa shape index (κ2) is 6.55. The second-order valence-electron chi connectivity index (χ2n) is 5.19. The first-order chi connectivity index (χ1) is 9.62. The Kier molecular flexibility index (Phi) is 4.77. The highest BCUT2D eigenvalue weighted by atomic mass is 16.5. The highest BCUT2D eigenvalue weighted by molar-refractivity contribution is 5.33. The highest BCUT2D eigenvalue weighted by Gasteiger charge is 2.11. The van der Waals surface area contributed by atoms with Crippen molar-refractivity contribution in [3.63, 3.8) is 0 Å². The molecule has 0 amide bonds. The Hall–Kier alpha value is -1.84. The molecule has 0 radical (unpaired) electrons. The number of nitrogens with one attached hydrogen (secondary N) is 1. The summed E-state index contributed by atoms with van der Waals surface area (Å²) in [4.78, 5) is 0. The molecule has 0 aliphatic heterocycles. The Balaban J connectivity index is 2.19. The van der Waals surface area contributed by atoms with Crippen molar-refractivity contribution in [3.05, 3.63) is 64.7 Å². The van der Waals surface area contributed by atoms with Gasteiger partial charge in [-0.3, -0.25) is 11.3 Å². The van der Waals surface area contributed by atoms with Crippen molar-refractivity contribution in [2.45, 2.75) is 26.3 Å². The van der Waals surface area contributed by atoms with Crippen LogP contribution in [0.15, 0.2) is 42.5 Å². The fourth-order valence-corrected chi connectivity index (χ4v) is 2.53. The summed E-state index contributed by atoms with van der Waals surface area (Å²) in [5, 5.41) is 0. The van der Waals surface area contributed by atoms with Crippen molar-refractivity contribution in [1.29, 1.82) is 0 Å². The van der Waals surface area contributed by atoms with E-state index in [0.717, 1.165) is 17.7 Å². The van der Waals surface area contributed by atoms with Crippen molar-refractivity contribution < 1.29 is 4.74 Å². The van der Waals surface area contributed by atoms with Crippen LogP contribution < -0.4 is 16.0 Å². The van der Waals surface area contributed by atoms with E-state index in [1.54, 1.807) is 7.11 Å². The lowest BCUT2D eigenvalue weighted by molar-refractivity contribution is 0.414. The maximum atomic E-state index is 5.72. The summed E-state index contributed by atoms with van der Waals surface area (Å²) in [7, 11) is 1.67. The number of benzene rings is 2. The third-order valence-electron chi connectivity index (χ3n) is 3.44. The van der Waals surface area contributed by atoms with Crippen LogP contribution in [0.2, 0.25) is 0 Å². The lowest BCUT2D eigenvalue weighted by Gasteiger charge is -2.17. The average molecular weight is 270 g/mol. The SMILES string of the molecule is COc1ccc(C(Cc2cc(C)cc(C)c2)NN)cc1. The molecule has 0 bridgehead atoms. The maximum absolute atomic E-state index is 5.72. The van der Waals surface area contributed by atoms with Gasteiger partial charge < -0.3 is 4.74 Å². The van der Waals surface area contributed by atoms with E-state index in [2.05, 4.69) is 37.5 Å². The van der Waals surface area contributed by atoms with Gasteiger partial charge in [0.15, 0.2) is 0 Å². The largest absolute Gasteiger partial charge is 0.497 e. The first kappa shape index (κ1) is 14.6. The van der Waals surface area contributed by atoms with Crippen molar-refractivity contribution in [2.24, 2.45) is 5.84 Å². The Morgan fingerprint density at radius 2 is 1.65 bits per heavy atom. The van der Waals surface area contributed by atoms with Crippen LogP contribution in [0.4, 0.5) is 0 Å². The van der Waals surface area contributed by atoms with E-state index < -0.39 is 0 Å². The van der Waals surface area contributed by atoms with E-state index in [0.29, 0.717) is 0 Å².